The Morgan fingerprint density at radius 3 is 3.00 bits per heavy atom. The van der Waals surface area contributed by atoms with Crippen molar-refractivity contribution in [2.24, 2.45) is 0 Å². The van der Waals surface area contributed by atoms with Crippen LogP contribution in [0, 0.1) is 6.92 Å². The normalized spacial score (nSPS) is 17.1. The van der Waals surface area contributed by atoms with Crippen LogP contribution in [0.15, 0.2) is 36.4 Å². The van der Waals surface area contributed by atoms with E-state index in [1.54, 1.807) is 7.11 Å². The quantitative estimate of drug-likeness (QED) is 0.773. The van der Waals surface area contributed by atoms with Crippen molar-refractivity contribution >= 4 is 11.5 Å². The second-order valence-electron chi connectivity index (χ2n) is 6.30. The number of benzene rings is 1. The molecule has 0 radical (unpaired) electrons. The van der Waals surface area contributed by atoms with Crippen LogP contribution in [-0.2, 0) is 4.74 Å². The summed E-state index contributed by atoms with van der Waals surface area (Å²) in [5.74, 6) is 1.73. The number of rotatable bonds is 5. The Kier molecular flexibility index (Phi) is 4.28. The van der Waals surface area contributed by atoms with E-state index in [1.807, 2.05) is 47.8 Å². The summed E-state index contributed by atoms with van der Waals surface area (Å²) < 4.78 is 13.0. The Morgan fingerprint density at radius 1 is 1.32 bits per heavy atom. The van der Waals surface area contributed by atoms with Crippen molar-refractivity contribution in [1.29, 1.82) is 0 Å². The highest BCUT2D eigenvalue weighted by Crippen LogP contribution is 2.29. The van der Waals surface area contributed by atoms with Crippen molar-refractivity contribution in [2.75, 3.05) is 25.6 Å². The molecule has 4 rings (SSSR count). The van der Waals surface area contributed by atoms with Crippen LogP contribution in [0.4, 0.5) is 5.82 Å². The van der Waals surface area contributed by atoms with E-state index < -0.39 is 0 Å². The third-order valence-electron chi connectivity index (χ3n) is 4.47. The van der Waals surface area contributed by atoms with Gasteiger partial charge in [0.1, 0.15) is 11.6 Å². The van der Waals surface area contributed by atoms with Gasteiger partial charge in [0.05, 0.1) is 18.9 Å². The van der Waals surface area contributed by atoms with E-state index >= 15 is 0 Å². The molecule has 0 saturated carbocycles. The largest absolute Gasteiger partial charge is 0.496 e. The fourth-order valence-corrected chi connectivity index (χ4v) is 3.24. The first-order valence-corrected chi connectivity index (χ1v) is 8.61. The molecule has 3 heterocycles. The molecule has 6 heteroatoms. The summed E-state index contributed by atoms with van der Waals surface area (Å²) in [5, 5.41) is 8.22. The topological polar surface area (TPSA) is 60.7 Å². The van der Waals surface area contributed by atoms with Crippen LogP contribution in [-0.4, -0.2) is 41.0 Å². The molecule has 0 aliphatic carbocycles. The van der Waals surface area contributed by atoms with Crippen molar-refractivity contribution < 1.29 is 9.47 Å². The zero-order chi connectivity index (χ0) is 17.2. The fourth-order valence-electron chi connectivity index (χ4n) is 3.24. The lowest BCUT2D eigenvalue weighted by atomic mass is 10.1. The third kappa shape index (κ3) is 3.17. The molecule has 0 spiro atoms. The zero-order valence-electron chi connectivity index (χ0n) is 14.5. The Hall–Kier alpha value is -2.60. The molecule has 1 fully saturated rings. The van der Waals surface area contributed by atoms with Crippen LogP contribution in [0.1, 0.15) is 18.5 Å². The first-order valence-electron chi connectivity index (χ1n) is 8.61. The van der Waals surface area contributed by atoms with Crippen molar-refractivity contribution in [1.82, 2.24) is 14.6 Å². The molecule has 130 valence electrons. The summed E-state index contributed by atoms with van der Waals surface area (Å²) >= 11 is 0. The number of para-hydroxylation sites is 1. The van der Waals surface area contributed by atoms with Gasteiger partial charge in [-0.2, -0.15) is 9.61 Å². The molecule has 0 bridgehead atoms. The summed E-state index contributed by atoms with van der Waals surface area (Å²) in [4.78, 5) is 4.61. The minimum Gasteiger partial charge on any atom is -0.496 e. The average molecular weight is 338 g/mol. The second kappa shape index (κ2) is 6.72. The summed E-state index contributed by atoms with van der Waals surface area (Å²) in [5.41, 5.74) is 3.57. The van der Waals surface area contributed by atoms with E-state index in [4.69, 9.17) is 14.6 Å². The van der Waals surface area contributed by atoms with Crippen LogP contribution in [0.3, 0.4) is 0 Å². The number of anilines is 1. The summed E-state index contributed by atoms with van der Waals surface area (Å²) in [6, 6.07) is 11.9. The lowest BCUT2D eigenvalue weighted by Gasteiger charge is -2.13. The smallest absolute Gasteiger partial charge is 0.158 e. The van der Waals surface area contributed by atoms with Crippen molar-refractivity contribution in [2.45, 2.75) is 25.9 Å². The lowest BCUT2D eigenvalue weighted by Crippen LogP contribution is -2.20. The molecule has 1 aromatic carbocycles. The Labute approximate surface area is 146 Å². The van der Waals surface area contributed by atoms with Gasteiger partial charge in [0, 0.05) is 36.5 Å². The van der Waals surface area contributed by atoms with Crippen LogP contribution < -0.4 is 10.1 Å². The van der Waals surface area contributed by atoms with Gasteiger partial charge in [-0.1, -0.05) is 12.1 Å². The monoisotopic (exact) mass is 338 g/mol. The molecule has 3 aromatic rings. The van der Waals surface area contributed by atoms with Crippen molar-refractivity contribution in [3.05, 3.63) is 42.1 Å². The number of hydrogen-bond acceptors (Lipinski definition) is 5. The maximum absolute atomic E-state index is 5.70. The molecule has 25 heavy (non-hydrogen) atoms. The van der Waals surface area contributed by atoms with Gasteiger partial charge >= 0.3 is 0 Å². The van der Waals surface area contributed by atoms with Crippen molar-refractivity contribution in [3.63, 3.8) is 0 Å². The minimum absolute atomic E-state index is 0.271. The number of aryl methyl sites for hydroxylation is 1. The molecule has 1 saturated heterocycles. The van der Waals surface area contributed by atoms with Crippen LogP contribution >= 0.6 is 0 Å². The van der Waals surface area contributed by atoms with E-state index in [-0.39, 0.29) is 6.10 Å². The predicted octanol–water partition coefficient (Wildman–Crippen LogP) is 3.30. The van der Waals surface area contributed by atoms with E-state index in [0.717, 1.165) is 60.2 Å². The van der Waals surface area contributed by atoms with Crippen LogP contribution in [0.2, 0.25) is 0 Å². The number of methoxy groups -OCH3 is 1. The molecule has 2 aromatic heterocycles. The van der Waals surface area contributed by atoms with E-state index in [1.165, 1.54) is 0 Å². The molecule has 0 amide bonds. The predicted molar refractivity (Wildman–Crippen MR) is 97.2 cm³/mol. The summed E-state index contributed by atoms with van der Waals surface area (Å²) in [6.07, 6.45) is 2.51. The van der Waals surface area contributed by atoms with E-state index in [9.17, 15) is 0 Å². The summed E-state index contributed by atoms with van der Waals surface area (Å²) in [7, 11) is 1.67. The first kappa shape index (κ1) is 15.9. The second-order valence-corrected chi connectivity index (χ2v) is 6.30. The summed E-state index contributed by atoms with van der Waals surface area (Å²) in [6.45, 7) is 3.63. The van der Waals surface area contributed by atoms with Gasteiger partial charge in [0.2, 0.25) is 0 Å². The highest BCUT2D eigenvalue weighted by Gasteiger charge is 2.17. The fraction of sp³-hybridized carbons (Fsp3) is 0.368. The van der Waals surface area contributed by atoms with Crippen LogP contribution in [0.25, 0.3) is 16.9 Å². The molecule has 1 aliphatic rings. The molecule has 1 atom stereocenters. The maximum atomic E-state index is 5.70. The van der Waals surface area contributed by atoms with Gasteiger partial charge in [-0.05, 0) is 31.9 Å². The highest BCUT2D eigenvalue weighted by molar-refractivity contribution is 5.71. The maximum Gasteiger partial charge on any atom is 0.158 e. The van der Waals surface area contributed by atoms with Gasteiger partial charge in [0.25, 0.3) is 0 Å². The standard InChI is InChI=1S/C19H22N4O2/c1-13-10-18(20-12-14-6-5-9-25-14)23-19(21-13)11-16(22-23)15-7-3-4-8-17(15)24-2/h3-4,7-8,10-11,14,20H,5-6,9,12H2,1-2H3. The first-order chi connectivity index (χ1) is 12.2. The number of nitrogens with zero attached hydrogens (tertiary/aromatic N) is 3. The molecule has 1 N–H and O–H groups in total. The number of hydrogen-bond donors (Lipinski definition) is 1. The van der Waals surface area contributed by atoms with Gasteiger partial charge in [-0.3, -0.25) is 0 Å². The molecule has 1 unspecified atom stereocenters. The number of ether oxygens (including phenoxy) is 2. The molecule has 1 aliphatic heterocycles. The third-order valence-corrected chi connectivity index (χ3v) is 4.47. The Balaban J connectivity index is 1.70. The Bertz CT molecular complexity index is 884. The van der Waals surface area contributed by atoms with Gasteiger partial charge in [0.15, 0.2) is 5.65 Å². The van der Waals surface area contributed by atoms with Crippen molar-refractivity contribution in [3.8, 4) is 17.0 Å². The van der Waals surface area contributed by atoms with E-state index in [0.29, 0.717) is 0 Å². The molecule has 6 nitrogen and oxygen atoms in total. The van der Waals surface area contributed by atoms with Gasteiger partial charge in [-0.15, -0.1) is 0 Å². The minimum atomic E-state index is 0.271. The Morgan fingerprint density at radius 2 is 2.20 bits per heavy atom. The SMILES string of the molecule is COc1ccccc1-c1cc2nc(C)cc(NCC3CCCO3)n2n1. The number of aromatic nitrogens is 3. The highest BCUT2D eigenvalue weighted by atomic mass is 16.5. The average Bonchev–Trinajstić information content (AvgIpc) is 3.29. The number of nitrogens with one attached hydrogen (secondary N) is 1. The molecular weight excluding hydrogens is 316 g/mol. The van der Waals surface area contributed by atoms with Gasteiger partial charge < -0.3 is 14.8 Å². The van der Waals surface area contributed by atoms with Crippen LogP contribution in [0.5, 0.6) is 5.75 Å². The molecular formula is C19H22N4O2. The zero-order valence-corrected chi connectivity index (χ0v) is 14.5. The van der Waals surface area contributed by atoms with E-state index in [2.05, 4.69) is 10.3 Å². The lowest BCUT2D eigenvalue weighted by molar-refractivity contribution is 0.120. The van der Waals surface area contributed by atoms with Gasteiger partial charge in [-0.25, -0.2) is 4.98 Å². The number of fused-ring (bicyclic) bond motifs is 1.